The van der Waals surface area contributed by atoms with Gasteiger partial charge in [-0.25, -0.2) is 13.8 Å². The summed E-state index contributed by atoms with van der Waals surface area (Å²) >= 11 is 12.4. The van der Waals surface area contributed by atoms with Crippen molar-refractivity contribution < 1.29 is 27.8 Å². The van der Waals surface area contributed by atoms with Crippen molar-refractivity contribution in [1.29, 1.82) is 0 Å². The third-order valence-electron chi connectivity index (χ3n) is 6.98. The van der Waals surface area contributed by atoms with E-state index in [4.69, 9.17) is 32.9 Å². The molecule has 4 aromatic rings. The zero-order valence-electron chi connectivity index (χ0n) is 21.8. The predicted octanol–water partition coefficient (Wildman–Crippen LogP) is 6.32. The van der Waals surface area contributed by atoms with Gasteiger partial charge in [0.05, 0.1) is 35.4 Å². The lowest BCUT2D eigenvalue weighted by Gasteiger charge is -2.17. The molecule has 8 nitrogen and oxygen atoms in total. The van der Waals surface area contributed by atoms with Gasteiger partial charge < -0.3 is 20.2 Å². The molecule has 1 unspecified atom stereocenters. The molecule has 0 radical (unpaired) electrons. The summed E-state index contributed by atoms with van der Waals surface area (Å²) in [6.45, 7) is 0. The van der Waals surface area contributed by atoms with Crippen molar-refractivity contribution in [2.45, 2.75) is 38.0 Å². The third kappa shape index (κ3) is 5.89. The average molecular weight is 601 g/mol. The lowest BCUT2D eigenvalue weighted by Crippen LogP contribution is -2.34. The summed E-state index contributed by atoms with van der Waals surface area (Å²) in [6, 6.07) is 10.2. The van der Waals surface area contributed by atoms with Gasteiger partial charge in [-0.15, -0.1) is 0 Å². The Morgan fingerprint density at radius 2 is 1.98 bits per heavy atom. The molecular weight excluding hydrogens is 577 g/mol. The number of carbonyl (C=O) groups is 2. The molecule has 5 rings (SSSR count). The number of benzene rings is 2. The minimum atomic E-state index is -0.959. The number of nitrogens with one attached hydrogen (secondary N) is 2. The number of imidazole rings is 1. The largest absolute Gasteiger partial charge is 0.618 e. The summed E-state index contributed by atoms with van der Waals surface area (Å²) in [5.74, 6) is -2.60. The molecular formula is C29H24Cl2F2N4O4. The van der Waals surface area contributed by atoms with Crippen LogP contribution < -0.4 is 10.0 Å². The number of hydrogen-bond acceptors (Lipinski definition) is 5. The second kappa shape index (κ2) is 11.8. The Labute approximate surface area is 243 Å². The van der Waals surface area contributed by atoms with Crippen molar-refractivity contribution >= 4 is 40.8 Å². The molecule has 2 aromatic heterocycles. The first-order chi connectivity index (χ1) is 19.7. The maximum atomic E-state index is 14.6. The number of rotatable bonds is 4. The van der Waals surface area contributed by atoms with E-state index in [2.05, 4.69) is 10.3 Å². The van der Waals surface area contributed by atoms with Gasteiger partial charge in [0.1, 0.15) is 28.4 Å². The molecule has 1 amide bonds. The van der Waals surface area contributed by atoms with Gasteiger partial charge in [0, 0.05) is 18.1 Å². The molecule has 0 aliphatic carbocycles. The van der Waals surface area contributed by atoms with E-state index in [0.717, 1.165) is 18.3 Å². The highest BCUT2D eigenvalue weighted by Crippen LogP contribution is 2.37. The SMILES string of the molecule is COC(=O)Cc1ccc2c(c1)NC(=O)CCCCC(c1ccc(-c3c(F)ccc(Cl)c3F)c[n+]1[O-])c1nc-2c(Cl)[nH]1. The summed E-state index contributed by atoms with van der Waals surface area (Å²) in [4.78, 5) is 32.4. The van der Waals surface area contributed by atoms with Gasteiger partial charge in [-0.2, -0.15) is 4.73 Å². The maximum Gasteiger partial charge on any atom is 0.309 e. The topological polar surface area (TPSA) is 111 Å². The van der Waals surface area contributed by atoms with E-state index in [1.807, 2.05) is 0 Å². The van der Waals surface area contributed by atoms with Crippen LogP contribution in [0.3, 0.4) is 0 Å². The number of hydrogen-bond donors (Lipinski definition) is 2. The number of halogens is 4. The predicted molar refractivity (Wildman–Crippen MR) is 149 cm³/mol. The number of esters is 1. The van der Waals surface area contributed by atoms with Crippen LogP contribution in [0.5, 0.6) is 0 Å². The number of aromatic nitrogens is 3. The standard InChI is InChI=1S/C29H24Cl2F2N4O4/c1-41-24(39)13-15-6-8-17-21(12-15)34-23(38)5-3-2-4-18(29-35-27(17)28(31)36-29)22-11-7-16(14-37(22)40)25-20(32)10-9-19(30)26(25)33/h6-12,14,18H,2-5,13H2,1H3,(H,34,38)(H,35,36). The van der Waals surface area contributed by atoms with E-state index in [1.54, 1.807) is 18.2 Å². The van der Waals surface area contributed by atoms with Crippen molar-refractivity contribution in [2.75, 3.05) is 12.4 Å². The van der Waals surface area contributed by atoms with Gasteiger partial charge >= 0.3 is 5.97 Å². The second-order valence-electron chi connectivity index (χ2n) is 9.65. The lowest BCUT2D eigenvalue weighted by atomic mass is 9.95. The molecule has 0 saturated carbocycles. The number of fused-ring (bicyclic) bond motifs is 4. The van der Waals surface area contributed by atoms with E-state index in [0.29, 0.717) is 52.3 Å². The first kappa shape index (κ1) is 28.5. The van der Waals surface area contributed by atoms with E-state index in [9.17, 15) is 23.6 Å². The smallest absolute Gasteiger partial charge is 0.309 e. The van der Waals surface area contributed by atoms with Crippen LogP contribution in [0, 0.1) is 16.8 Å². The Balaban J connectivity index is 1.57. The first-order valence-electron chi connectivity index (χ1n) is 12.8. The minimum Gasteiger partial charge on any atom is -0.618 e. The number of anilines is 1. The minimum absolute atomic E-state index is 0.0176. The van der Waals surface area contributed by atoms with Crippen LogP contribution in [0.4, 0.5) is 14.5 Å². The molecule has 0 fully saturated rings. The molecule has 2 bridgehead atoms. The van der Waals surface area contributed by atoms with Crippen LogP contribution in [-0.4, -0.2) is 29.0 Å². The van der Waals surface area contributed by atoms with Gasteiger partial charge in [0.25, 0.3) is 0 Å². The number of ether oxygens (including phenoxy) is 1. The van der Waals surface area contributed by atoms with E-state index >= 15 is 0 Å². The van der Waals surface area contributed by atoms with Gasteiger partial charge in [-0.3, -0.25) is 9.59 Å². The number of H-pyrrole nitrogens is 1. The summed E-state index contributed by atoms with van der Waals surface area (Å²) in [5, 5.41) is 16.1. The zero-order valence-corrected chi connectivity index (χ0v) is 23.3. The Kier molecular flexibility index (Phi) is 8.23. The molecule has 1 aliphatic rings. The molecule has 0 spiro atoms. The van der Waals surface area contributed by atoms with Crippen LogP contribution in [0.1, 0.15) is 48.7 Å². The molecule has 0 saturated heterocycles. The number of nitrogens with zero attached hydrogens (tertiary/aromatic N) is 2. The summed E-state index contributed by atoms with van der Waals surface area (Å²) in [5.41, 5.74) is 1.85. The van der Waals surface area contributed by atoms with Crippen molar-refractivity contribution in [3.05, 3.63) is 92.8 Å². The Bertz CT molecular complexity index is 1660. The van der Waals surface area contributed by atoms with E-state index in [1.165, 1.54) is 19.2 Å². The van der Waals surface area contributed by atoms with Crippen molar-refractivity contribution in [3.63, 3.8) is 0 Å². The van der Waals surface area contributed by atoms with Gasteiger partial charge in [0.2, 0.25) is 11.6 Å². The molecule has 1 aliphatic heterocycles. The molecule has 1 atom stereocenters. The average Bonchev–Trinajstić information content (AvgIpc) is 3.32. The number of aromatic amines is 1. The van der Waals surface area contributed by atoms with Crippen LogP contribution in [0.15, 0.2) is 48.7 Å². The van der Waals surface area contributed by atoms with Crippen LogP contribution in [-0.2, 0) is 20.7 Å². The molecule has 41 heavy (non-hydrogen) atoms. The molecule has 3 heterocycles. The van der Waals surface area contributed by atoms with Crippen molar-refractivity contribution in [3.8, 4) is 22.4 Å². The fourth-order valence-electron chi connectivity index (χ4n) is 4.94. The molecule has 2 aromatic carbocycles. The fourth-order valence-corrected chi connectivity index (χ4v) is 5.33. The molecule has 212 valence electrons. The normalized spacial score (nSPS) is 15.3. The summed E-state index contributed by atoms with van der Waals surface area (Å²) < 4.78 is 34.4. The van der Waals surface area contributed by atoms with Gasteiger partial charge in [0.15, 0.2) is 12.0 Å². The Hall–Kier alpha value is -4.02. The fraction of sp³-hybridized carbons (Fsp3) is 0.241. The van der Waals surface area contributed by atoms with E-state index in [-0.39, 0.29) is 40.2 Å². The summed E-state index contributed by atoms with van der Waals surface area (Å²) in [6.07, 6.45) is 2.88. The lowest BCUT2D eigenvalue weighted by molar-refractivity contribution is -0.614. The monoisotopic (exact) mass is 600 g/mol. The highest BCUT2D eigenvalue weighted by atomic mass is 35.5. The first-order valence-corrected chi connectivity index (χ1v) is 13.5. The Morgan fingerprint density at radius 3 is 2.73 bits per heavy atom. The highest BCUT2D eigenvalue weighted by molar-refractivity contribution is 6.32. The summed E-state index contributed by atoms with van der Waals surface area (Å²) in [7, 11) is 1.30. The Morgan fingerprint density at radius 1 is 1.17 bits per heavy atom. The van der Waals surface area contributed by atoms with Crippen molar-refractivity contribution in [2.24, 2.45) is 0 Å². The highest BCUT2D eigenvalue weighted by Gasteiger charge is 2.29. The number of amides is 1. The quantitative estimate of drug-likeness (QED) is 0.123. The molecule has 2 N–H and O–H groups in total. The van der Waals surface area contributed by atoms with Gasteiger partial charge in [-0.05, 0) is 42.7 Å². The number of pyridine rings is 1. The van der Waals surface area contributed by atoms with Crippen molar-refractivity contribution in [1.82, 2.24) is 9.97 Å². The third-order valence-corrected chi connectivity index (χ3v) is 7.54. The van der Waals surface area contributed by atoms with Crippen LogP contribution in [0.2, 0.25) is 10.2 Å². The number of methoxy groups -OCH3 is 1. The van der Waals surface area contributed by atoms with E-state index < -0.39 is 29.1 Å². The second-order valence-corrected chi connectivity index (χ2v) is 10.4. The molecule has 12 heteroatoms. The van der Waals surface area contributed by atoms with Crippen LogP contribution >= 0.6 is 23.2 Å². The zero-order chi connectivity index (χ0) is 29.3. The maximum absolute atomic E-state index is 14.6. The van der Waals surface area contributed by atoms with Crippen LogP contribution in [0.25, 0.3) is 22.4 Å². The van der Waals surface area contributed by atoms with Gasteiger partial charge in [-0.1, -0.05) is 41.8 Å². The number of carbonyl (C=O) groups excluding carboxylic acids is 2.